The van der Waals surface area contributed by atoms with Crippen LogP contribution in [0.5, 0.6) is 0 Å². The lowest BCUT2D eigenvalue weighted by Crippen LogP contribution is -2.02. The zero-order valence-corrected chi connectivity index (χ0v) is 8.67. The quantitative estimate of drug-likeness (QED) is 0.398. The van der Waals surface area contributed by atoms with Crippen molar-refractivity contribution in [2.75, 3.05) is 13.7 Å². The van der Waals surface area contributed by atoms with Crippen LogP contribution in [0.1, 0.15) is 6.92 Å². The van der Waals surface area contributed by atoms with Crippen LogP contribution >= 0.6 is 11.6 Å². The highest BCUT2D eigenvalue weighted by molar-refractivity contribution is 6.33. The summed E-state index contributed by atoms with van der Waals surface area (Å²) in [4.78, 5) is 11.3. The van der Waals surface area contributed by atoms with Crippen LogP contribution in [0.2, 0.25) is 0 Å². The third-order valence-corrected chi connectivity index (χ3v) is 1.38. The molecule has 0 aliphatic rings. The maximum Gasteiger partial charge on any atom is 0.225 e. The minimum absolute atomic E-state index is 0.000231. The second-order valence-electron chi connectivity index (χ2n) is 2.11. The van der Waals surface area contributed by atoms with E-state index in [1.165, 1.54) is 13.4 Å². The molecule has 0 aromatic carbocycles. The average molecular weight is 216 g/mol. The number of hydrogen-bond donors (Lipinski definition) is 0. The number of allylic oxidation sites excluding steroid dienone is 2. The number of ketones is 1. The lowest BCUT2D eigenvalue weighted by Gasteiger charge is -2.01. The molecule has 5 heteroatoms. The van der Waals surface area contributed by atoms with Crippen LogP contribution in [0.25, 0.3) is 0 Å². The molecule has 0 heterocycles. The molecule has 0 aromatic heterocycles. The summed E-state index contributed by atoms with van der Waals surface area (Å²) >= 11 is 5.35. The molecule has 0 saturated heterocycles. The fourth-order valence-electron chi connectivity index (χ4n) is 0.584. The van der Waals surface area contributed by atoms with Gasteiger partial charge < -0.3 is 9.47 Å². The number of rotatable bonds is 5. The second kappa shape index (κ2) is 6.98. The van der Waals surface area contributed by atoms with Gasteiger partial charge in [-0.25, -0.2) is 0 Å². The minimum Gasteiger partial charge on any atom is -0.497 e. The first-order valence-electron chi connectivity index (χ1n) is 3.83. The van der Waals surface area contributed by atoms with Crippen LogP contribution in [0.3, 0.4) is 0 Å². The Kier molecular flexibility index (Phi) is 6.25. The fourth-order valence-corrected chi connectivity index (χ4v) is 0.683. The summed E-state index contributed by atoms with van der Waals surface area (Å²) in [5.74, 6) is -0.507. The van der Waals surface area contributed by atoms with E-state index in [9.17, 15) is 4.79 Å². The van der Waals surface area contributed by atoms with Crippen molar-refractivity contribution in [2.45, 2.75) is 6.92 Å². The van der Waals surface area contributed by atoms with Crippen molar-refractivity contribution in [1.29, 1.82) is 5.26 Å². The van der Waals surface area contributed by atoms with Gasteiger partial charge in [0.15, 0.2) is 0 Å². The highest BCUT2D eigenvalue weighted by Gasteiger charge is 2.08. The van der Waals surface area contributed by atoms with Crippen LogP contribution in [0.4, 0.5) is 0 Å². The minimum atomic E-state index is -0.507. The maximum atomic E-state index is 11.3. The molecule has 0 unspecified atom stereocenters. The molecule has 0 atom stereocenters. The number of hydrogen-bond acceptors (Lipinski definition) is 4. The van der Waals surface area contributed by atoms with Gasteiger partial charge in [-0.05, 0) is 6.92 Å². The Labute approximate surface area is 87.4 Å². The molecule has 0 fully saturated rings. The van der Waals surface area contributed by atoms with Crippen molar-refractivity contribution < 1.29 is 14.3 Å². The molecule has 0 rings (SSSR count). The lowest BCUT2D eigenvalue weighted by molar-refractivity contribution is -0.114. The number of carbonyl (C=O) groups is 1. The molecule has 0 saturated carbocycles. The summed E-state index contributed by atoms with van der Waals surface area (Å²) in [7, 11) is 1.33. The summed E-state index contributed by atoms with van der Waals surface area (Å²) < 4.78 is 9.59. The lowest BCUT2D eigenvalue weighted by atomic mass is 10.3. The number of carbonyl (C=O) groups excluding carboxylic acids is 1. The monoisotopic (exact) mass is 215 g/mol. The Morgan fingerprint density at radius 3 is 2.71 bits per heavy atom. The summed E-state index contributed by atoms with van der Waals surface area (Å²) in [6.07, 6.45) is 2.15. The van der Waals surface area contributed by atoms with E-state index >= 15 is 0 Å². The number of halogens is 1. The Morgan fingerprint density at radius 1 is 1.64 bits per heavy atom. The van der Waals surface area contributed by atoms with Gasteiger partial charge in [-0.1, -0.05) is 11.6 Å². The van der Waals surface area contributed by atoms with Crippen LogP contribution in [-0.4, -0.2) is 19.5 Å². The molecular formula is C9H10ClNO3. The van der Waals surface area contributed by atoms with Gasteiger partial charge in [0.25, 0.3) is 0 Å². The Bertz CT molecular complexity index is 302. The maximum absolute atomic E-state index is 11.3. The largest absolute Gasteiger partial charge is 0.497 e. The zero-order chi connectivity index (χ0) is 11.0. The van der Waals surface area contributed by atoms with Gasteiger partial charge in [-0.15, -0.1) is 0 Å². The molecule has 0 aliphatic carbocycles. The molecule has 0 spiro atoms. The molecule has 0 aliphatic heterocycles. The number of ether oxygens (including phenoxy) is 2. The molecule has 76 valence electrons. The predicted molar refractivity (Wildman–Crippen MR) is 51.3 cm³/mol. The topological polar surface area (TPSA) is 59.3 Å². The van der Waals surface area contributed by atoms with E-state index in [0.717, 1.165) is 6.08 Å². The van der Waals surface area contributed by atoms with Gasteiger partial charge >= 0.3 is 0 Å². The van der Waals surface area contributed by atoms with Gasteiger partial charge in [-0.3, -0.25) is 4.79 Å². The van der Waals surface area contributed by atoms with Gasteiger partial charge in [0.2, 0.25) is 11.5 Å². The fraction of sp³-hybridized carbons (Fsp3) is 0.333. The Hall–Kier alpha value is -1.47. The summed E-state index contributed by atoms with van der Waals surface area (Å²) in [6, 6.07) is 1.61. The van der Waals surface area contributed by atoms with Crippen molar-refractivity contribution >= 4 is 17.4 Å². The SMILES string of the molecule is CCO/C=C(/OC)C(=O)/C=C(/Cl)C#N. The molecule has 14 heavy (non-hydrogen) atoms. The highest BCUT2D eigenvalue weighted by Crippen LogP contribution is 2.05. The first kappa shape index (κ1) is 12.5. The van der Waals surface area contributed by atoms with Gasteiger partial charge in [0.05, 0.1) is 13.7 Å². The average Bonchev–Trinajstić information content (AvgIpc) is 2.18. The Balaban J connectivity index is 4.57. The summed E-state index contributed by atoms with van der Waals surface area (Å²) in [5.41, 5.74) is 0. The summed E-state index contributed by atoms with van der Waals surface area (Å²) in [5, 5.41) is 8.12. The predicted octanol–water partition coefficient (Wildman–Crippen LogP) is 1.73. The molecule has 4 nitrogen and oxygen atoms in total. The second-order valence-corrected chi connectivity index (χ2v) is 2.52. The molecule has 0 amide bonds. The first-order valence-corrected chi connectivity index (χ1v) is 4.20. The third-order valence-electron chi connectivity index (χ3n) is 1.18. The van der Waals surface area contributed by atoms with Crippen molar-refractivity contribution in [3.8, 4) is 6.07 Å². The van der Waals surface area contributed by atoms with Crippen molar-refractivity contribution in [3.63, 3.8) is 0 Å². The molecule has 0 N–H and O–H groups in total. The van der Waals surface area contributed by atoms with Crippen molar-refractivity contribution in [2.24, 2.45) is 0 Å². The Morgan fingerprint density at radius 2 is 2.29 bits per heavy atom. The third kappa shape index (κ3) is 4.53. The summed E-state index contributed by atoms with van der Waals surface area (Å²) in [6.45, 7) is 2.20. The van der Waals surface area contributed by atoms with E-state index in [1.807, 2.05) is 0 Å². The van der Waals surface area contributed by atoms with Crippen molar-refractivity contribution in [3.05, 3.63) is 23.1 Å². The van der Waals surface area contributed by atoms with E-state index in [4.69, 9.17) is 26.3 Å². The molecule has 0 bridgehead atoms. The van der Waals surface area contributed by atoms with Crippen LogP contribution < -0.4 is 0 Å². The van der Waals surface area contributed by atoms with Gasteiger partial charge in [0, 0.05) is 6.08 Å². The zero-order valence-electron chi connectivity index (χ0n) is 7.91. The van der Waals surface area contributed by atoms with E-state index in [1.54, 1.807) is 13.0 Å². The van der Waals surface area contributed by atoms with Gasteiger partial charge in [-0.2, -0.15) is 5.26 Å². The van der Waals surface area contributed by atoms with Crippen LogP contribution in [0.15, 0.2) is 23.1 Å². The first-order chi connectivity index (χ1) is 6.65. The van der Waals surface area contributed by atoms with Crippen LogP contribution in [-0.2, 0) is 14.3 Å². The molecule has 0 radical (unpaired) electrons. The number of nitrogens with zero attached hydrogens (tertiary/aromatic N) is 1. The van der Waals surface area contributed by atoms with Crippen LogP contribution in [0, 0.1) is 11.3 Å². The van der Waals surface area contributed by atoms with E-state index in [-0.39, 0.29) is 10.8 Å². The smallest absolute Gasteiger partial charge is 0.225 e. The van der Waals surface area contributed by atoms with E-state index in [0.29, 0.717) is 6.61 Å². The molecule has 0 aromatic rings. The van der Waals surface area contributed by atoms with E-state index < -0.39 is 5.78 Å². The van der Waals surface area contributed by atoms with Crippen molar-refractivity contribution in [1.82, 2.24) is 0 Å². The standard InChI is InChI=1S/C9H10ClNO3/c1-3-14-6-9(13-2)8(12)4-7(10)5-11/h4,6H,3H2,1-2H3/b7-4+,9-6+. The van der Waals surface area contributed by atoms with Gasteiger partial charge in [0.1, 0.15) is 17.4 Å². The van der Waals surface area contributed by atoms with E-state index in [2.05, 4.69) is 0 Å². The number of nitriles is 1. The number of methoxy groups -OCH3 is 1. The highest BCUT2D eigenvalue weighted by atomic mass is 35.5. The molecular weight excluding hydrogens is 206 g/mol. The normalized spacial score (nSPS) is 11.9.